The highest BCUT2D eigenvalue weighted by atomic mass is 16.5. The summed E-state index contributed by atoms with van der Waals surface area (Å²) in [5.74, 6) is -1.49. The molecule has 10 heteroatoms. The third kappa shape index (κ3) is 3.92. The van der Waals surface area contributed by atoms with Crippen LogP contribution >= 0.6 is 0 Å². The fourth-order valence-corrected chi connectivity index (χ4v) is 2.58. The number of ether oxygens (including phenoxy) is 1. The Bertz CT molecular complexity index is 327. The second kappa shape index (κ2) is 8.45. The summed E-state index contributed by atoms with van der Waals surface area (Å²) in [5, 5.41) is 85.7. The van der Waals surface area contributed by atoms with Gasteiger partial charge in [-0.3, -0.25) is 0 Å². The minimum absolute atomic E-state index is 0.706. The van der Waals surface area contributed by atoms with Crippen LogP contribution in [-0.4, -0.2) is 115 Å². The van der Waals surface area contributed by atoms with Crippen molar-refractivity contribution < 1.29 is 50.7 Å². The molecule has 0 aromatic rings. The van der Waals surface area contributed by atoms with Gasteiger partial charge in [0.2, 0.25) is 0 Å². The van der Waals surface area contributed by atoms with Crippen LogP contribution in [0.4, 0.5) is 0 Å². The summed E-state index contributed by atoms with van der Waals surface area (Å²) in [4.78, 5) is 0. The first-order chi connectivity index (χ1) is 10.3. The summed E-state index contributed by atoms with van der Waals surface area (Å²) in [6, 6.07) is 0. The van der Waals surface area contributed by atoms with E-state index in [9.17, 15) is 30.6 Å². The smallest absolute Gasteiger partial charge is 0.111 e. The molecule has 0 aromatic heterocycles. The third-order valence-corrected chi connectivity index (χ3v) is 3.92. The van der Waals surface area contributed by atoms with Crippen LogP contribution < -0.4 is 0 Å². The maximum Gasteiger partial charge on any atom is 0.111 e. The van der Waals surface area contributed by atoms with Gasteiger partial charge in [-0.2, -0.15) is 0 Å². The Hall–Kier alpha value is -0.400. The van der Waals surface area contributed by atoms with Gasteiger partial charge in [0.25, 0.3) is 0 Å². The summed E-state index contributed by atoms with van der Waals surface area (Å²) in [6.07, 6.45) is -13.0. The van der Waals surface area contributed by atoms with E-state index < -0.39 is 74.6 Å². The molecule has 9 N–H and O–H groups in total. The highest BCUT2D eigenvalue weighted by molar-refractivity contribution is 4.99. The van der Waals surface area contributed by atoms with E-state index in [1.165, 1.54) is 0 Å². The first-order valence-corrected chi connectivity index (χ1v) is 6.86. The molecule has 0 spiro atoms. The first-order valence-electron chi connectivity index (χ1n) is 6.86. The minimum atomic E-state index is -1.80. The standard InChI is InChI=1S/C12H24O10/c13-1-4(16)7(8(18)5(17)2-14)12-11(21)10(20)9(19)6(3-15)22-12/h4-21H,1-3H2/t4?,5-,6-,7?,8-,9-,10+,11-,12+/m1/s1. The molecule has 1 heterocycles. The molecule has 0 amide bonds. The van der Waals surface area contributed by atoms with Gasteiger partial charge in [-0.15, -0.1) is 0 Å². The molecule has 0 saturated carbocycles. The second-order valence-electron chi connectivity index (χ2n) is 5.36. The van der Waals surface area contributed by atoms with Crippen molar-refractivity contribution in [3.8, 4) is 0 Å². The van der Waals surface area contributed by atoms with Gasteiger partial charge in [-0.25, -0.2) is 0 Å². The topological polar surface area (TPSA) is 191 Å². The minimum Gasteiger partial charge on any atom is -0.394 e. The lowest BCUT2D eigenvalue weighted by atomic mass is 9.80. The quantitative estimate of drug-likeness (QED) is 0.218. The Balaban J connectivity index is 3.06. The van der Waals surface area contributed by atoms with Crippen molar-refractivity contribution in [3.05, 3.63) is 0 Å². The summed E-state index contributed by atoms with van der Waals surface area (Å²) in [7, 11) is 0. The first kappa shape index (κ1) is 19.6. The van der Waals surface area contributed by atoms with E-state index in [2.05, 4.69) is 0 Å². The van der Waals surface area contributed by atoms with Gasteiger partial charge >= 0.3 is 0 Å². The number of rotatable bonds is 7. The average Bonchev–Trinajstić information content (AvgIpc) is 2.53. The molecule has 0 bridgehead atoms. The van der Waals surface area contributed by atoms with Crippen molar-refractivity contribution >= 4 is 0 Å². The zero-order valence-electron chi connectivity index (χ0n) is 11.8. The number of aliphatic hydroxyl groups is 9. The molecule has 1 saturated heterocycles. The molecular formula is C12H24O10. The lowest BCUT2D eigenvalue weighted by molar-refractivity contribution is -0.262. The third-order valence-electron chi connectivity index (χ3n) is 3.92. The molecule has 0 radical (unpaired) electrons. The lowest BCUT2D eigenvalue weighted by Crippen LogP contribution is -2.64. The molecule has 0 aliphatic carbocycles. The van der Waals surface area contributed by atoms with Crippen molar-refractivity contribution in [2.75, 3.05) is 19.8 Å². The molecule has 22 heavy (non-hydrogen) atoms. The molecule has 0 aromatic carbocycles. The number of hydrogen-bond acceptors (Lipinski definition) is 10. The zero-order valence-corrected chi connectivity index (χ0v) is 11.8. The van der Waals surface area contributed by atoms with Crippen molar-refractivity contribution in [3.63, 3.8) is 0 Å². The summed E-state index contributed by atoms with van der Waals surface area (Å²) < 4.78 is 5.20. The van der Waals surface area contributed by atoms with E-state index in [0.717, 1.165) is 0 Å². The van der Waals surface area contributed by atoms with Gasteiger partial charge < -0.3 is 50.7 Å². The van der Waals surface area contributed by atoms with Gasteiger partial charge in [0.1, 0.15) is 30.5 Å². The predicted molar refractivity (Wildman–Crippen MR) is 69.4 cm³/mol. The van der Waals surface area contributed by atoms with E-state index in [1.54, 1.807) is 0 Å². The Labute approximate surface area is 126 Å². The van der Waals surface area contributed by atoms with Gasteiger partial charge in [-0.1, -0.05) is 0 Å². The predicted octanol–water partition coefficient (Wildman–Crippen LogP) is -5.49. The van der Waals surface area contributed by atoms with Crippen LogP contribution in [0.3, 0.4) is 0 Å². The molecule has 10 nitrogen and oxygen atoms in total. The Morgan fingerprint density at radius 3 is 1.77 bits per heavy atom. The van der Waals surface area contributed by atoms with Crippen molar-refractivity contribution in [1.82, 2.24) is 0 Å². The van der Waals surface area contributed by atoms with Crippen molar-refractivity contribution in [2.24, 2.45) is 5.92 Å². The van der Waals surface area contributed by atoms with Crippen LogP contribution in [0.5, 0.6) is 0 Å². The molecule has 2 unspecified atom stereocenters. The van der Waals surface area contributed by atoms with Gasteiger partial charge in [-0.05, 0) is 0 Å². The Kier molecular flexibility index (Phi) is 7.55. The van der Waals surface area contributed by atoms with Crippen LogP contribution in [-0.2, 0) is 4.74 Å². The lowest BCUT2D eigenvalue weighted by Gasteiger charge is -2.45. The largest absolute Gasteiger partial charge is 0.394 e. The summed E-state index contributed by atoms with van der Waals surface area (Å²) >= 11 is 0. The van der Waals surface area contributed by atoms with Crippen LogP contribution in [0.1, 0.15) is 0 Å². The monoisotopic (exact) mass is 328 g/mol. The molecule has 9 atom stereocenters. The average molecular weight is 328 g/mol. The molecule has 1 aliphatic heterocycles. The van der Waals surface area contributed by atoms with E-state index in [4.69, 9.17) is 20.1 Å². The Morgan fingerprint density at radius 2 is 1.32 bits per heavy atom. The summed E-state index contributed by atoms with van der Waals surface area (Å²) in [6.45, 7) is -2.41. The number of aliphatic hydroxyl groups excluding tert-OH is 9. The van der Waals surface area contributed by atoms with Crippen LogP contribution in [0.25, 0.3) is 0 Å². The van der Waals surface area contributed by atoms with Crippen LogP contribution in [0.2, 0.25) is 0 Å². The van der Waals surface area contributed by atoms with Crippen molar-refractivity contribution in [2.45, 2.75) is 48.8 Å². The summed E-state index contributed by atoms with van der Waals surface area (Å²) in [5.41, 5.74) is 0. The number of hydrogen-bond donors (Lipinski definition) is 9. The SMILES string of the molecule is OCC(O)C([C@H](O)[C@H](O)CO)[C@@H]1O[C@H](CO)[C@@H](O)[C@H](O)[C@H]1O. The zero-order chi connectivity index (χ0) is 17.0. The van der Waals surface area contributed by atoms with E-state index in [-0.39, 0.29) is 0 Å². The molecule has 1 fully saturated rings. The highest BCUT2D eigenvalue weighted by Gasteiger charge is 2.50. The fourth-order valence-electron chi connectivity index (χ4n) is 2.58. The van der Waals surface area contributed by atoms with Gasteiger partial charge in [0, 0.05) is 5.92 Å². The van der Waals surface area contributed by atoms with Gasteiger partial charge in [0.15, 0.2) is 0 Å². The second-order valence-corrected chi connectivity index (χ2v) is 5.36. The molecule has 132 valence electrons. The van der Waals surface area contributed by atoms with Gasteiger partial charge in [0.05, 0.1) is 38.1 Å². The molecular weight excluding hydrogens is 304 g/mol. The fraction of sp³-hybridized carbons (Fsp3) is 1.00. The molecule has 1 rings (SSSR count). The maximum absolute atomic E-state index is 9.98. The van der Waals surface area contributed by atoms with Crippen LogP contribution in [0.15, 0.2) is 0 Å². The Morgan fingerprint density at radius 1 is 0.773 bits per heavy atom. The molecule has 1 aliphatic rings. The normalized spacial score (nSPS) is 38.3. The highest BCUT2D eigenvalue weighted by Crippen LogP contribution is 2.30. The van der Waals surface area contributed by atoms with E-state index in [1.807, 2.05) is 0 Å². The van der Waals surface area contributed by atoms with Crippen LogP contribution in [0, 0.1) is 5.92 Å². The van der Waals surface area contributed by atoms with E-state index in [0.29, 0.717) is 0 Å². The maximum atomic E-state index is 9.98. The van der Waals surface area contributed by atoms with E-state index >= 15 is 0 Å². The van der Waals surface area contributed by atoms with Crippen molar-refractivity contribution in [1.29, 1.82) is 0 Å².